The Bertz CT molecular complexity index is 305. The molecule has 1 amide bonds. The molecule has 0 aromatic carbocycles. The molecule has 0 saturated carbocycles. The van der Waals surface area contributed by atoms with Gasteiger partial charge in [0.1, 0.15) is 5.72 Å². The van der Waals surface area contributed by atoms with Gasteiger partial charge in [-0.05, 0) is 20.8 Å². The van der Waals surface area contributed by atoms with Crippen molar-refractivity contribution in [3.05, 3.63) is 5.53 Å². The number of carbonyl (C=O) groups excluding carboxylic acids is 1. The van der Waals surface area contributed by atoms with Gasteiger partial charge in [0.2, 0.25) is 0 Å². The average Bonchev–Trinajstić information content (AvgIpc) is 2.38. The Morgan fingerprint density at radius 1 is 1.64 bits per heavy atom. The molecule has 1 aliphatic heterocycles. The van der Waals surface area contributed by atoms with E-state index >= 15 is 0 Å². The molecule has 1 fully saturated rings. The molecule has 14 heavy (non-hydrogen) atoms. The summed E-state index contributed by atoms with van der Waals surface area (Å²) >= 11 is 0. The number of hydrogen-bond donors (Lipinski definition) is 0. The van der Waals surface area contributed by atoms with Gasteiger partial charge in [0.05, 0.1) is 12.6 Å². The van der Waals surface area contributed by atoms with Gasteiger partial charge in [-0.15, -0.1) is 0 Å². The number of nitrogens with zero attached hydrogens (tertiary/aromatic N) is 3. The highest BCUT2D eigenvalue weighted by molar-refractivity contribution is 6.35. The highest BCUT2D eigenvalue weighted by atomic mass is 16.5. The van der Waals surface area contributed by atoms with Crippen LogP contribution in [0, 0.1) is 0 Å². The largest absolute Gasteiger partial charge is 0.361 e. The molecular weight excluding hydrogens is 182 g/mol. The van der Waals surface area contributed by atoms with Gasteiger partial charge in [0.15, 0.2) is 0 Å². The van der Waals surface area contributed by atoms with Crippen molar-refractivity contribution in [1.82, 2.24) is 4.90 Å². The predicted molar refractivity (Wildman–Crippen MR) is 50.6 cm³/mol. The van der Waals surface area contributed by atoms with E-state index in [0.29, 0.717) is 6.61 Å². The minimum Gasteiger partial charge on any atom is -0.361 e. The number of rotatable bonds is 1. The molecule has 1 heterocycles. The molecule has 1 saturated heterocycles. The Labute approximate surface area is 83.3 Å². The second-order valence-corrected chi connectivity index (χ2v) is 3.97. The standard InChI is InChI=1S/C9H15N3O2/c1-6-5-14-9(3,4)12(6)8(13)7(2)11-10/h6H,5H2,1-4H3/t6-/m0/s1. The third kappa shape index (κ3) is 1.69. The molecule has 0 N–H and O–H groups in total. The number of amides is 1. The zero-order chi connectivity index (χ0) is 10.9. The Morgan fingerprint density at radius 2 is 2.21 bits per heavy atom. The number of hydrogen-bond acceptors (Lipinski definition) is 2. The maximum Gasteiger partial charge on any atom is 0.353 e. The minimum atomic E-state index is -0.623. The predicted octanol–water partition coefficient (Wildman–Crippen LogP) is 0.661. The van der Waals surface area contributed by atoms with Crippen LogP contribution in [0.3, 0.4) is 0 Å². The summed E-state index contributed by atoms with van der Waals surface area (Å²) in [6, 6.07) is 0.00852. The first kappa shape index (κ1) is 10.9. The molecule has 0 radical (unpaired) electrons. The Balaban J connectivity index is 2.96. The van der Waals surface area contributed by atoms with Gasteiger partial charge in [-0.1, -0.05) is 0 Å². The van der Waals surface area contributed by atoms with Crippen molar-refractivity contribution in [2.24, 2.45) is 0 Å². The molecule has 1 atom stereocenters. The van der Waals surface area contributed by atoms with Crippen molar-refractivity contribution in [1.29, 1.82) is 0 Å². The van der Waals surface area contributed by atoms with E-state index in [-0.39, 0.29) is 17.7 Å². The first-order chi connectivity index (χ1) is 6.40. The average molecular weight is 197 g/mol. The van der Waals surface area contributed by atoms with Crippen LogP contribution in [0.15, 0.2) is 0 Å². The number of carbonyl (C=O) groups is 1. The van der Waals surface area contributed by atoms with Crippen LogP contribution >= 0.6 is 0 Å². The summed E-state index contributed by atoms with van der Waals surface area (Å²) in [7, 11) is 0. The Kier molecular flexibility index (Phi) is 2.73. The van der Waals surface area contributed by atoms with E-state index in [4.69, 9.17) is 10.3 Å². The summed E-state index contributed by atoms with van der Waals surface area (Å²) in [5, 5.41) is 0. The Morgan fingerprint density at radius 3 is 2.57 bits per heavy atom. The first-order valence-corrected chi connectivity index (χ1v) is 4.56. The smallest absolute Gasteiger partial charge is 0.353 e. The highest BCUT2D eigenvalue weighted by Gasteiger charge is 2.44. The number of ether oxygens (including phenoxy) is 1. The topological polar surface area (TPSA) is 65.9 Å². The van der Waals surface area contributed by atoms with Gasteiger partial charge in [0.25, 0.3) is 0 Å². The van der Waals surface area contributed by atoms with Crippen molar-refractivity contribution in [3.8, 4) is 0 Å². The lowest BCUT2D eigenvalue weighted by Crippen LogP contribution is -2.49. The molecule has 0 aliphatic carbocycles. The van der Waals surface area contributed by atoms with E-state index in [0.717, 1.165) is 0 Å². The monoisotopic (exact) mass is 197 g/mol. The van der Waals surface area contributed by atoms with E-state index in [1.165, 1.54) is 6.92 Å². The third-order valence-electron chi connectivity index (χ3n) is 2.38. The van der Waals surface area contributed by atoms with Crippen LogP contribution in [0.1, 0.15) is 27.7 Å². The zero-order valence-corrected chi connectivity index (χ0v) is 8.94. The highest BCUT2D eigenvalue weighted by Crippen LogP contribution is 2.26. The van der Waals surface area contributed by atoms with E-state index in [9.17, 15) is 4.79 Å². The molecule has 0 unspecified atom stereocenters. The molecule has 78 valence electrons. The summed E-state index contributed by atoms with van der Waals surface area (Å²) < 4.78 is 5.45. The lowest BCUT2D eigenvalue weighted by molar-refractivity contribution is -0.142. The second kappa shape index (κ2) is 3.52. The van der Waals surface area contributed by atoms with E-state index in [1.807, 2.05) is 20.8 Å². The molecule has 0 spiro atoms. The summed E-state index contributed by atoms with van der Waals surface area (Å²) in [6.07, 6.45) is 0. The van der Waals surface area contributed by atoms with Crippen molar-refractivity contribution in [3.63, 3.8) is 0 Å². The summed E-state index contributed by atoms with van der Waals surface area (Å²) in [5.74, 6) is -0.289. The van der Waals surface area contributed by atoms with Gasteiger partial charge >= 0.3 is 11.6 Å². The normalized spacial score (nSPS) is 24.6. The second-order valence-electron chi connectivity index (χ2n) is 3.97. The van der Waals surface area contributed by atoms with Gasteiger partial charge in [-0.25, -0.2) is 0 Å². The molecule has 5 heteroatoms. The molecule has 1 rings (SSSR count). The van der Waals surface area contributed by atoms with Gasteiger partial charge in [-0.2, -0.15) is 4.79 Å². The Hall–Kier alpha value is -1.19. The lowest BCUT2D eigenvalue weighted by atomic mass is 10.2. The fourth-order valence-electron chi connectivity index (χ4n) is 1.66. The minimum absolute atomic E-state index is 0.00852. The van der Waals surface area contributed by atoms with E-state index < -0.39 is 5.72 Å². The van der Waals surface area contributed by atoms with Crippen LogP contribution in [0.4, 0.5) is 0 Å². The van der Waals surface area contributed by atoms with Crippen molar-refractivity contribution >= 4 is 11.6 Å². The van der Waals surface area contributed by atoms with Crippen LogP contribution in [0.5, 0.6) is 0 Å². The summed E-state index contributed by atoms with van der Waals surface area (Å²) in [5.41, 5.74) is 7.98. The fraction of sp³-hybridized carbons (Fsp3) is 0.778. The van der Waals surface area contributed by atoms with Crippen LogP contribution in [-0.4, -0.2) is 39.7 Å². The molecule has 0 bridgehead atoms. The van der Waals surface area contributed by atoms with Crippen molar-refractivity contribution < 1.29 is 14.3 Å². The summed E-state index contributed by atoms with van der Waals surface area (Å²) in [6.45, 7) is 7.52. The molecule has 0 aromatic heterocycles. The summed E-state index contributed by atoms with van der Waals surface area (Å²) in [4.78, 5) is 16.2. The van der Waals surface area contributed by atoms with Gasteiger partial charge in [-0.3, -0.25) is 9.69 Å². The van der Waals surface area contributed by atoms with Gasteiger partial charge < -0.3 is 10.3 Å². The maximum atomic E-state index is 11.8. The third-order valence-corrected chi connectivity index (χ3v) is 2.38. The lowest BCUT2D eigenvalue weighted by Gasteiger charge is -2.30. The first-order valence-electron chi connectivity index (χ1n) is 4.56. The SMILES string of the molecule is CC(=[N+]=[N-])C(=O)N1[C@@H](C)COC1(C)C. The molecule has 0 aromatic rings. The van der Waals surface area contributed by atoms with Crippen molar-refractivity contribution in [2.45, 2.75) is 39.5 Å². The van der Waals surface area contributed by atoms with E-state index in [2.05, 4.69) is 4.79 Å². The van der Waals surface area contributed by atoms with Crippen LogP contribution < -0.4 is 0 Å². The van der Waals surface area contributed by atoms with Crippen LogP contribution in [0.25, 0.3) is 5.53 Å². The van der Waals surface area contributed by atoms with Crippen LogP contribution in [0.2, 0.25) is 0 Å². The zero-order valence-electron chi connectivity index (χ0n) is 8.94. The maximum absolute atomic E-state index is 11.8. The van der Waals surface area contributed by atoms with Crippen LogP contribution in [-0.2, 0) is 9.53 Å². The van der Waals surface area contributed by atoms with Gasteiger partial charge in [0, 0.05) is 6.92 Å². The van der Waals surface area contributed by atoms with Crippen molar-refractivity contribution in [2.75, 3.05) is 6.61 Å². The molecule has 5 nitrogen and oxygen atoms in total. The molecular formula is C9H15N3O2. The van der Waals surface area contributed by atoms with E-state index in [1.54, 1.807) is 4.90 Å². The fourth-order valence-corrected chi connectivity index (χ4v) is 1.66. The molecule has 1 aliphatic rings. The quantitative estimate of drug-likeness (QED) is 0.352.